The summed E-state index contributed by atoms with van der Waals surface area (Å²) in [6.07, 6.45) is 1.84. The Morgan fingerprint density at radius 2 is 2.15 bits per heavy atom. The van der Waals surface area contributed by atoms with Crippen LogP contribution in [0.4, 0.5) is 0 Å². The van der Waals surface area contributed by atoms with Gasteiger partial charge in [0, 0.05) is 19.5 Å². The van der Waals surface area contributed by atoms with Gasteiger partial charge in [0.1, 0.15) is 0 Å². The van der Waals surface area contributed by atoms with Gasteiger partial charge in [-0.2, -0.15) is 5.26 Å². The number of sulfonamides is 1. The first-order valence-corrected chi connectivity index (χ1v) is 5.99. The topological polar surface area (TPSA) is 61.2 Å². The minimum absolute atomic E-state index is 0.161. The van der Waals surface area contributed by atoms with Crippen molar-refractivity contribution in [1.29, 1.82) is 5.26 Å². The van der Waals surface area contributed by atoms with Gasteiger partial charge in [0.2, 0.25) is 10.0 Å². The number of nitriles is 1. The van der Waals surface area contributed by atoms with Crippen LogP contribution in [0.15, 0.2) is 0 Å². The Bertz CT molecular complexity index is 301. The number of nitrogens with zero attached hydrogens (tertiary/aromatic N) is 2. The smallest absolute Gasteiger partial charge is 0.212 e. The zero-order chi connectivity index (χ0) is 9.90. The summed E-state index contributed by atoms with van der Waals surface area (Å²) in [5.74, 6) is 0. The normalized spacial score (nSPS) is 17.3. The van der Waals surface area contributed by atoms with Crippen LogP contribution in [-0.2, 0) is 10.0 Å². The van der Waals surface area contributed by atoms with Gasteiger partial charge >= 0.3 is 0 Å². The van der Waals surface area contributed by atoms with Crippen molar-refractivity contribution in [2.24, 2.45) is 0 Å². The van der Waals surface area contributed by atoms with Crippen LogP contribution in [0.25, 0.3) is 0 Å². The highest BCUT2D eigenvalue weighted by molar-refractivity contribution is 7.90. The zero-order valence-corrected chi connectivity index (χ0v) is 8.55. The highest BCUT2D eigenvalue weighted by Crippen LogP contribution is 2.30. The first-order valence-electron chi connectivity index (χ1n) is 4.48. The van der Waals surface area contributed by atoms with Gasteiger partial charge in [-0.05, 0) is 12.8 Å². The summed E-state index contributed by atoms with van der Waals surface area (Å²) in [5, 5.41) is 8.20. The first-order chi connectivity index (χ1) is 6.12. The molecular formula is C8H14N2O2S. The SMILES string of the molecule is CCN(CCC#N)S(=O)(=O)C1CC1. The van der Waals surface area contributed by atoms with Crippen LogP contribution >= 0.6 is 0 Å². The van der Waals surface area contributed by atoms with E-state index in [2.05, 4.69) is 0 Å². The lowest BCUT2D eigenvalue weighted by Gasteiger charge is -2.18. The van der Waals surface area contributed by atoms with Crippen molar-refractivity contribution in [2.45, 2.75) is 31.4 Å². The Morgan fingerprint density at radius 3 is 2.54 bits per heavy atom. The minimum Gasteiger partial charge on any atom is -0.212 e. The van der Waals surface area contributed by atoms with Crippen LogP contribution in [0.2, 0.25) is 0 Å². The molecular weight excluding hydrogens is 188 g/mol. The van der Waals surface area contributed by atoms with E-state index in [-0.39, 0.29) is 11.7 Å². The van der Waals surface area contributed by atoms with Gasteiger partial charge in [0.25, 0.3) is 0 Å². The van der Waals surface area contributed by atoms with Crippen LogP contribution < -0.4 is 0 Å². The Hall–Kier alpha value is -0.600. The Labute approximate surface area is 79.2 Å². The van der Waals surface area contributed by atoms with Gasteiger partial charge in [-0.25, -0.2) is 12.7 Å². The van der Waals surface area contributed by atoms with Crippen LogP contribution in [0.1, 0.15) is 26.2 Å². The van der Waals surface area contributed by atoms with Gasteiger partial charge in [-0.3, -0.25) is 0 Å². The lowest BCUT2D eigenvalue weighted by Crippen LogP contribution is -2.34. The fraction of sp³-hybridized carbons (Fsp3) is 0.875. The highest BCUT2D eigenvalue weighted by atomic mass is 32.2. The van der Waals surface area contributed by atoms with Gasteiger partial charge in [-0.1, -0.05) is 6.92 Å². The molecule has 1 fully saturated rings. The number of rotatable bonds is 5. The molecule has 74 valence electrons. The molecule has 1 saturated carbocycles. The molecule has 0 aromatic carbocycles. The number of hydrogen-bond donors (Lipinski definition) is 0. The second kappa shape index (κ2) is 4.07. The maximum atomic E-state index is 11.6. The zero-order valence-electron chi connectivity index (χ0n) is 7.73. The van der Waals surface area contributed by atoms with Crippen molar-refractivity contribution in [1.82, 2.24) is 4.31 Å². The van der Waals surface area contributed by atoms with E-state index in [0.717, 1.165) is 12.8 Å². The molecule has 0 aromatic rings. The minimum atomic E-state index is -3.07. The van der Waals surface area contributed by atoms with Crippen LogP contribution in [0.5, 0.6) is 0 Å². The van der Waals surface area contributed by atoms with E-state index in [1.54, 1.807) is 6.92 Å². The van der Waals surface area contributed by atoms with E-state index >= 15 is 0 Å². The van der Waals surface area contributed by atoms with Gasteiger partial charge in [0.05, 0.1) is 11.3 Å². The van der Waals surface area contributed by atoms with Crippen molar-refractivity contribution < 1.29 is 8.42 Å². The van der Waals surface area contributed by atoms with E-state index in [0.29, 0.717) is 13.1 Å². The molecule has 0 aliphatic heterocycles. The fourth-order valence-corrected chi connectivity index (χ4v) is 3.08. The molecule has 0 heterocycles. The quantitative estimate of drug-likeness (QED) is 0.659. The summed E-state index contributed by atoms with van der Waals surface area (Å²) < 4.78 is 24.7. The summed E-state index contributed by atoms with van der Waals surface area (Å²) >= 11 is 0. The summed E-state index contributed by atoms with van der Waals surface area (Å²) in [6, 6.07) is 1.96. The molecule has 0 atom stereocenters. The van der Waals surface area contributed by atoms with Crippen molar-refractivity contribution in [3.05, 3.63) is 0 Å². The van der Waals surface area contributed by atoms with Crippen molar-refractivity contribution >= 4 is 10.0 Å². The second-order valence-corrected chi connectivity index (χ2v) is 5.36. The molecule has 0 aromatic heterocycles. The molecule has 1 aliphatic rings. The van der Waals surface area contributed by atoms with Crippen molar-refractivity contribution in [2.75, 3.05) is 13.1 Å². The highest BCUT2D eigenvalue weighted by Gasteiger charge is 2.39. The molecule has 0 bridgehead atoms. The molecule has 0 spiro atoms. The standard InChI is InChI=1S/C8H14N2O2S/c1-2-10(7-3-6-9)13(11,12)8-4-5-8/h8H,2-5,7H2,1H3. The van der Waals surface area contributed by atoms with E-state index < -0.39 is 10.0 Å². The summed E-state index contributed by atoms with van der Waals surface area (Å²) in [5.41, 5.74) is 0. The molecule has 0 radical (unpaired) electrons. The molecule has 13 heavy (non-hydrogen) atoms. The van der Waals surface area contributed by atoms with E-state index in [1.807, 2.05) is 6.07 Å². The molecule has 4 nitrogen and oxygen atoms in total. The largest absolute Gasteiger partial charge is 0.217 e. The average molecular weight is 202 g/mol. The third-order valence-electron chi connectivity index (χ3n) is 2.13. The Kier molecular flexibility index (Phi) is 3.28. The van der Waals surface area contributed by atoms with Crippen molar-refractivity contribution in [3.63, 3.8) is 0 Å². The van der Waals surface area contributed by atoms with Gasteiger partial charge in [0.15, 0.2) is 0 Å². The molecule has 1 aliphatic carbocycles. The fourth-order valence-electron chi connectivity index (χ4n) is 1.22. The summed E-state index contributed by atoms with van der Waals surface area (Å²) in [6.45, 7) is 2.61. The van der Waals surface area contributed by atoms with E-state index in [4.69, 9.17) is 5.26 Å². The second-order valence-electron chi connectivity index (χ2n) is 3.14. The lowest BCUT2D eigenvalue weighted by atomic mass is 10.5. The maximum Gasteiger partial charge on any atom is 0.217 e. The van der Waals surface area contributed by atoms with Crippen LogP contribution in [0.3, 0.4) is 0 Å². The number of hydrogen-bond acceptors (Lipinski definition) is 3. The van der Waals surface area contributed by atoms with E-state index in [1.165, 1.54) is 4.31 Å². The monoisotopic (exact) mass is 202 g/mol. The molecule has 0 saturated heterocycles. The van der Waals surface area contributed by atoms with Crippen LogP contribution in [0, 0.1) is 11.3 Å². The Balaban J connectivity index is 2.60. The van der Waals surface area contributed by atoms with E-state index in [9.17, 15) is 8.42 Å². The molecule has 1 rings (SSSR count). The first kappa shape index (κ1) is 10.5. The third-order valence-corrected chi connectivity index (χ3v) is 4.61. The predicted molar refractivity (Wildman–Crippen MR) is 49.4 cm³/mol. The van der Waals surface area contributed by atoms with Crippen molar-refractivity contribution in [3.8, 4) is 6.07 Å². The third kappa shape index (κ3) is 2.42. The Morgan fingerprint density at radius 1 is 1.54 bits per heavy atom. The maximum absolute atomic E-state index is 11.6. The molecule has 0 unspecified atom stereocenters. The van der Waals surface area contributed by atoms with Gasteiger partial charge in [-0.15, -0.1) is 0 Å². The predicted octanol–water partition coefficient (Wildman–Crippen LogP) is 0.714. The molecule has 0 N–H and O–H groups in total. The lowest BCUT2D eigenvalue weighted by molar-refractivity contribution is 0.434. The van der Waals surface area contributed by atoms with Crippen LogP contribution in [-0.4, -0.2) is 31.1 Å². The average Bonchev–Trinajstić information content (AvgIpc) is 2.87. The van der Waals surface area contributed by atoms with Gasteiger partial charge < -0.3 is 0 Å². The summed E-state index contributed by atoms with van der Waals surface area (Å²) in [7, 11) is -3.07. The molecule has 0 amide bonds. The summed E-state index contributed by atoms with van der Waals surface area (Å²) in [4.78, 5) is 0. The molecule has 5 heteroatoms.